The average Bonchev–Trinajstić information content (AvgIpc) is 2.13. The number of primary amides is 1. The molecule has 3 nitrogen and oxygen atoms in total. The number of rotatable bonds is 3. The SMILES string of the molecule is CC(Oc1cc(Cl)c(Br)cc1Cl)C(N)=O. The molecule has 0 radical (unpaired) electrons. The Morgan fingerprint density at radius 3 is 2.60 bits per heavy atom. The highest BCUT2D eigenvalue weighted by Crippen LogP contribution is 2.34. The van der Waals surface area contributed by atoms with E-state index in [-0.39, 0.29) is 0 Å². The second kappa shape index (κ2) is 5.05. The van der Waals surface area contributed by atoms with Crippen molar-refractivity contribution in [1.29, 1.82) is 0 Å². The Morgan fingerprint density at radius 2 is 2.07 bits per heavy atom. The number of carbonyl (C=O) groups excluding carboxylic acids is 1. The summed E-state index contributed by atoms with van der Waals surface area (Å²) < 4.78 is 5.89. The average molecular weight is 313 g/mol. The molecule has 0 aromatic heterocycles. The van der Waals surface area contributed by atoms with E-state index < -0.39 is 12.0 Å². The molecule has 0 spiro atoms. The molecule has 0 aliphatic rings. The van der Waals surface area contributed by atoms with Gasteiger partial charge in [0.25, 0.3) is 5.91 Å². The lowest BCUT2D eigenvalue weighted by molar-refractivity contribution is -0.123. The lowest BCUT2D eigenvalue weighted by Gasteiger charge is -2.13. The van der Waals surface area contributed by atoms with Crippen molar-refractivity contribution in [3.05, 3.63) is 26.7 Å². The van der Waals surface area contributed by atoms with Crippen molar-refractivity contribution < 1.29 is 9.53 Å². The van der Waals surface area contributed by atoms with E-state index in [1.807, 2.05) is 0 Å². The summed E-state index contributed by atoms with van der Waals surface area (Å²) in [4.78, 5) is 10.8. The van der Waals surface area contributed by atoms with Crippen LogP contribution in [-0.4, -0.2) is 12.0 Å². The number of benzene rings is 1. The molecule has 1 aromatic rings. The molecule has 1 unspecified atom stereocenters. The molecule has 0 heterocycles. The second-order valence-electron chi connectivity index (χ2n) is 2.86. The molecular formula is C9H8BrCl2NO2. The lowest BCUT2D eigenvalue weighted by Crippen LogP contribution is -2.30. The first kappa shape index (κ1) is 12.6. The van der Waals surface area contributed by atoms with Crippen LogP contribution in [0.25, 0.3) is 0 Å². The maximum Gasteiger partial charge on any atom is 0.258 e. The monoisotopic (exact) mass is 311 g/mol. The van der Waals surface area contributed by atoms with Gasteiger partial charge in [0.1, 0.15) is 5.75 Å². The Hall–Kier alpha value is -0.450. The number of hydrogen-bond acceptors (Lipinski definition) is 2. The van der Waals surface area contributed by atoms with Crippen LogP contribution in [0.4, 0.5) is 0 Å². The number of carbonyl (C=O) groups is 1. The zero-order valence-corrected chi connectivity index (χ0v) is 10.9. The van der Waals surface area contributed by atoms with E-state index in [0.29, 0.717) is 20.3 Å². The summed E-state index contributed by atoms with van der Waals surface area (Å²) in [5, 5.41) is 0.811. The van der Waals surface area contributed by atoms with Crippen LogP contribution in [0.5, 0.6) is 5.75 Å². The van der Waals surface area contributed by atoms with E-state index in [1.54, 1.807) is 6.07 Å². The van der Waals surface area contributed by atoms with Crippen molar-refractivity contribution >= 4 is 45.0 Å². The van der Waals surface area contributed by atoms with Crippen LogP contribution in [0.2, 0.25) is 10.0 Å². The second-order valence-corrected chi connectivity index (χ2v) is 4.53. The molecule has 6 heteroatoms. The van der Waals surface area contributed by atoms with Crippen LogP contribution < -0.4 is 10.5 Å². The molecule has 15 heavy (non-hydrogen) atoms. The van der Waals surface area contributed by atoms with Gasteiger partial charge in [0.05, 0.1) is 10.0 Å². The summed E-state index contributed by atoms with van der Waals surface area (Å²) >= 11 is 14.9. The fraction of sp³-hybridized carbons (Fsp3) is 0.222. The van der Waals surface area contributed by atoms with Gasteiger partial charge in [-0.3, -0.25) is 4.79 Å². The lowest BCUT2D eigenvalue weighted by atomic mass is 10.3. The summed E-state index contributed by atoms with van der Waals surface area (Å²) in [6.07, 6.45) is -0.750. The van der Waals surface area contributed by atoms with Crippen molar-refractivity contribution in [2.45, 2.75) is 13.0 Å². The summed E-state index contributed by atoms with van der Waals surface area (Å²) in [7, 11) is 0. The van der Waals surface area contributed by atoms with E-state index in [2.05, 4.69) is 15.9 Å². The highest BCUT2D eigenvalue weighted by atomic mass is 79.9. The molecule has 0 saturated carbocycles. The van der Waals surface area contributed by atoms with Crippen LogP contribution >= 0.6 is 39.1 Å². The minimum absolute atomic E-state index is 0.330. The quantitative estimate of drug-likeness (QED) is 0.872. The van der Waals surface area contributed by atoms with Crippen LogP contribution in [0, 0.1) is 0 Å². The van der Waals surface area contributed by atoms with Gasteiger partial charge in [0, 0.05) is 10.5 Å². The largest absolute Gasteiger partial charge is 0.479 e. The summed E-state index contributed by atoms with van der Waals surface area (Å²) in [5.74, 6) is -0.235. The molecule has 82 valence electrons. The van der Waals surface area contributed by atoms with Gasteiger partial charge >= 0.3 is 0 Å². The molecular weight excluding hydrogens is 305 g/mol. The van der Waals surface area contributed by atoms with E-state index in [1.165, 1.54) is 13.0 Å². The Labute approximate surface area is 106 Å². The van der Waals surface area contributed by atoms with Crippen molar-refractivity contribution in [1.82, 2.24) is 0 Å². The predicted octanol–water partition coefficient (Wildman–Crippen LogP) is 3.01. The normalized spacial score (nSPS) is 12.3. The Kier molecular flexibility index (Phi) is 4.25. The van der Waals surface area contributed by atoms with Crippen molar-refractivity contribution in [2.75, 3.05) is 0 Å². The minimum atomic E-state index is -0.750. The van der Waals surface area contributed by atoms with Gasteiger partial charge in [-0.1, -0.05) is 23.2 Å². The predicted molar refractivity (Wildman–Crippen MR) is 63.4 cm³/mol. The van der Waals surface area contributed by atoms with Gasteiger partial charge in [0.2, 0.25) is 0 Å². The zero-order valence-electron chi connectivity index (χ0n) is 7.76. The van der Waals surface area contributed by atoms with Crippen LogP contribution in [0.15, 0.2) is 16.6 Å². The maximum absolute atomic E-state index is 10.8. The molecule has 1 aromatic carbocycles. The minimum Gasteiger partial charge on any atom is -0.479 e. The summed E-state index contributed by atoms with van der Waals surface area (Å²) in [5.41, 5.74) is 5.05. The van der Waals surface area contributed by atoms with Gasteiger partial charge in [-0.15, -0.1) is 0 Å². The number of nitrogens with two attached hydrogens (primary N) is 1. The molecule has 0 bridgehead atoms. The molecule has 2 N–H and O–H groups in total. The van der Waals surface area contributed by atoms with Crippen molar-refractivity contribution in [2.24, 2.45) is 5.73 Å². The van der Waals surface area contributed by atoms with E-state index in [4.69, 9.17) is 33.7 Å². The number of halogens is 3. The molecule has 0 fully saturated rings. The third-order valence-electron chi connectivity index (χ3n) is 1.68. The van der Waals surface area contributed by atoms with Gasteiger partial charge < -0.3 is 10.5 Å². The molecule has 1 amide bonds. The van der Waals surface area contributed by atoms with Crippen molar-refractivity contribution in [3.63, 3.8) is 0 Å². The van der Waals surface area contributed by atoms with Crippen LogP contribution in [0.3, 0.4) is 0 Å². The first-order valence-electron chi connectivity index (χ1n) is 4.02. The molecule has 0 aliphatic heterocycles. The first-order valence-corrected chi connectivity index (χ1v) is 5.57. The fourth-order valence-electron chi connectivity index (χ4n) is 0.843. The zero-order chi connectivity index (χ0) is 11.6. The highest BCUT2D eigenvalue weighted by Gasteiger charge is 2.14. The van der Waals surface area contributed by atoms with Gasteiger partial charge in [-0.05, 0) is 28.9 Å². The Balaban J connectivity index is 2.95. The third kappa shape index (κ3) is 3.26. The maximum atomic E-state index is 10.8. The Bertz CT molecular complexity index is 398. The molecule has 1 rings (SSSR count). The van der Waals surface area contributed by atoms with Crippen molar-refractivity contribution in [3.8, 4) is 5.75 Å². The van der Waals surface area contributed by atoms with Gasteiger partial charge in [-0.2, -0.15) is 0 Å². The van der Waals surface area contributed by atoms with Crippen LogP contribution in [0.1, 0.15) is 6.92 Å². The Morgan fingerprint density at radius 1 is 1.47 bits per heavy atom. The fourth-order valence-corrected chi connectivity index (χ4v) is 1.68. The molecule has 1 atom stereocenters. The van der Waals surface area contributed by atoms with Gasteiger partial charge in [0.15, 0.2) is 6.10 Å². The molecule has 0 aliphatic carbocycles. The topological polar surface area (TPSA) is 52.3 Å². The number of hydrogen-bond donors (Lipinski definition) is 1. The summed E-state index contributed by atoms with van der Waals surface area (Å²) in [6, 6.07) is 3.11. The van der Waals surface area contributed by atoms with E-state index in [9.17, 15) is 4.79 Å². The standard InChI is InChI=1S/C9H8BrCl2NO2/c1-4(9(13)14)15-8-3-6(11)5(10)2-7(8)12/h2-4H,1H3,(H2,13,14). The third-order valence-corrected chi connectivity index (χ3v) is 3.17. The number of ether oxygens (including phenoxy) is 1. The van der Waals surface area contributed by atoms with E-state index in [0.717, 1.165) is 0 Å². The van der Waals surface area contributed by atoms with Gasteiger partial charge in [-0.25, -0.2) is 0 Å². The first-order chi connectivity index (χ1) is 6.91. The summed E-state index contributed by atoms with van der Waals surface area (Å²) in [6.45, 7) is 1.54. The molecule has 0 saturated heterocycles. The highest BCUT2D eigenvalue weighted by molar-refractivity contribution is 9.10. The number of amides is 1. The van der Waals surface area contributed by atoms with E-state index >= 15 is 0 Å². The smallest absolute Gasteiger partial charge is 0.258 e. The van der Waals surface area contributed by atoms with Crippen LogP contribution in [-0.2, 0) is 4.79 Å².